The van der Waals surface area contributed by atoms with Crippen LogP contribution < -0.4 is 14.8 Å². The van der Waals surface area contributed by atoms with Crippen LogP contribution in [0.3, 0.4) is 0 Å². The van der Waals surface area contributed by atoms with E-state index < -0.39 is 19.1 Å². The number of nitrogens with one attached hydrogen (secondary N) is 1. The molecule has 0 heterocycles. The first kappa shape index (κ1) is 14.7. The molecule has 0 aliphatic carbocycles. The highest BCUT2D eigenvalue weighted by Crippen LogP contribution is 2.27. The van der Waals surface area contributed by atoms with Gasteiger partial charge in [0.05, 0.1) is 20.8 Å². The number of methoxy groups -OCH3 is 2. The van der Waals surface area contributed by atoms with E-state index in [0.717, 1.165) is 5.56 Å². The first-order valence-corrected chi connectivity index (χ1v) is 5.42. The van der Waals surface area contributed by atoms with Crippen molar-refractivity contribution in [3.8, 4) is 11.5 Å². The standard InChI is InChI=1S/C12H17F2NO3/c1-17-10-4-3-9(5-11(10)18-2)6-15-7-12(13,14)8-16/h3-5,15-16H,6-8H2,1-2H3. The normalized spacial score (nSPS) is 11.4. The van der Waals surface area contributed by atoms with E-state index in [1.165, 1.54) is 14.2 Å². The lowest BCUT2D eigenvalue weighted by atomic mass is 10.2. The summed E-state index contributed by atoms with van der Waals surface area (Å²) in [6.45, 7) is -1.47. The molecule has 18 heavy (non-hydrogen) atoms. The Morgan fingerprint density at radius 1 is 1.22 bits per heavy atom. The van der Waals surface area contributed by atoms with Crippen molar-refractivity contribution < 1.29 is 23.4 Å². The van der Waals surface area contributed by atoms with E-state index in [2.05, 4.69) is 5.32 Å². The number of rotatable bonds is 7. The average molecular weight is 261 g/mol. The first-order valence-electron chi connectivity index (χ1n) is 5.42. The lowest BCUT2D eigenvalue weighted by molar-refractivity contribution is -0.0477. The van der Waals surface area contributed by atoms with Crippen molar-refractivity contribution in [2.45, 2.75) is 12.5 Å². The smallest absolute Gasteiger partial charge is 0.282 e. The molecule has 2 N–H and O–H groups in total. The third kappa shape index (κ3) is 4.12. The zero-order valence-corrected chi connectivity index (χ0v) is 10.4. The van der Waals surface area contributed by atoms with Gasteiger partial charge in [-0.05, 0) is 17.7 Å². The molecule has 102 valence electrons. The molecular formula is C12H17F2NO3. The van der Waals surface area contributed by atoms with Crippen LogP contribution in [0, 0.1) is 0 Å². The molecule has 1 aromatic carbocycles. The summed E-state index contributed by atoms with van der Waals surface area (Å²) in [5, 5.41) is 11.0. The molecule has 0 aliphatic rings. The highest BCUT2D eigenvalue weighted by Gasteiger charge is 2.26. The molecule has 0 fully saturated rings. The monoisotopic (exact) mass is 261 g/mol. The summed E-state index contributed by atoms with van der Waals surface area (Å²) in [6, 6.07) is 5.17. The van der Waals surface area contributed by atoms with Crippen molar-refractivity contribution in [3.63, 3.8) is 0 Å². The number of ether oxygens (including phenoxy) is 2. The van der Waals surface area contributed by atoms with Crippen LogP contribution in [-0.4, -0.2) is 38.4 Å². The topological polar surface area (TPSA) is 50.7 Å². The Morgan fingerprint density at radius 2 is 1.89 bits per heavy atom. The second-order valence-electron chi connectivity index (χ2n) is 3.81. The van der Waals surface area contributed by atoms with Crippen LogP contribution in [-0.2, 0) is 6.54 Å². The summed E-state index contributed by atoms with van der Waals surface area (Å²) in [4.78, 5) is 0. The van der Waals surface area contributed by atoms with Gasteiger partial charge in [0.15, 0.2) is 11.5 Å². The van der Waals surface area contributed by atoms with Crippen molar-refractivity contribution >= 4 is 0 Å². The molecule has 0 bridgehead atoms. The van der Waals surface area contributed by atoms with Crippen molar-refractivity contribution in [2.75, 3.05) is 27.4 Å². The number of halogens is 2. The van der Waals surface area contributed by atoms with Gasteiger partial charge in [0.2, 0.25) is 0 Å². The quantitative estimate of drug-likeness (QED) is 0.779. The van der Waals surface area contributed by atoms with Gasteiger partial charge in [0, 0.05) is 6.54 Å². The number of hydrogen-bond acceptors (Lipinski definition) is 4. The fourth-order valence-electron chi connectivity index (χ4n) is 1.44. The molecule has 0 amide bonds. The molecule has 0 saturated heterocycles. The maximum Gasteiger partial charge on any atom is 0.282 e. The second-order valence-corrected chi connectivity index (χ2v) is 3.81. The van der Waals surface area contributed by atoms with Crippen molar-refractivity contribution in [3.05, 3.63) is 23.8 Å². The zero-order chi connectivity index (χ0) is 13.6. The van der Waals surface area contributed by atoms with E-state index in [4.69, 9.17) is 14.6 Å². The molecule has 0 aromatic heterocycles. The molecule has 0 atom stereocenters. The molecule has 0 unspecified atom stereocenters. The summed E-state index contributed by atoms with van der Waals surface area (Å²) in [5.74, 6) is -1.97. The van der Waals surface area contributed by atoms with Gasteiger partial charge in [-0.2, -0.15) is 0 Å². The molecular weight excluding hydrogens is 244 g/mol. The molecule has 0 saturated carbocycles. The molecule has 1 rings (SSSR count). The van der Waals surface area contributed by atoms with E-state index in [-0.39, 0.29) is 6.54 Å². The third-order valence-electron chi connectivity index (χ3n) is 2.39. The largest absolute Gasteiger partial charge is 0.493 e. The maximum atomic E-state index is 12.8. The van der Waals surface area contributed by atoms with Gasteiger partial charge in [0.1, 0.15) is 6.61 Å². The Balaban J connectivity index is 2.58. The van der Waals surface area contributed by atoms with Gasteiger partial charge < -0.3 is 19.9 Å². The van der Waals surface area contributed by atoms with Gasteiger partial charge in [-0.3, -0.25) is 0 Å². The SMILES string of the molecule is COc1ccc(CNCC(F)(F)CO)cc1OC. The van der Waals surface area contributed by atoms with Gasteiger partial charge in [-0.15, -0.1) is 0 Å². The number of hydrogen-bond donors (Lipinski definition) is 2. The lowest BCUT2D eigenvalue weighted by Crippen LogP contribution is -2.35. The van der Waals surface area contributed by atoms with E-state index in [0.29, 0.717) is 11.5 Å². The van der Waals surface area contributed by atoms with Gasteiger partial charge in [0.25, 0.3) is 5.92 Å². The fourth-order valence-corrected chi connectivity index (χ4v) is 1.44. The summed E-state index contributed by atoms with van der Waals surface area (Å²) >= 11 is 0. The predicted octanol–water partition coefficient (Wildman–Crippen LogP) is 1.42. The highest BCUT2D eigenvalue weighted by molar-refractivity contribution is 5.42. The minimum absolute atomic E-state index is 0.260. The predicted molar refractivity (Wildman–Crippen MR) is 63.3 cm³/mol. The van der Waals surface area contributed by atoms with Crippen LogP contribution in [0.1, 0.15) is 5.56 Å². The van der Waals surface area contributed by atoms with E-state index in [1.807, 2.05) is 0 Å². The molecule has 0 spiro atoms. The Morgan fingerprint density at radius 3 is 2.44 bits per heavy atom. The number of alkyl halides is 2. The first-order chi connectivity index (χ1) is 8.52. The van der Waals surface area contributed by atoms with Gasteiger partial charge in [-0.25, -0.2) is 8.78 Å². The number of aliphatic hydroxyl groups is 1. The molecule has 6 heteroatoms. The summed E-state index contributed by atoms with van der Waals surface area (Å²) in [7, 11) is 3.03. The lowest BCUT2D eigenvalue weighted by Gasteiger charge is -2.14. The van der Waals surface area contributed by atoms with E-state index >= 15 is 0 Å². The van der Waals surface area contributed by atoms with Gasteiger partial charge in [-0.1, -0.05) is 6.07 Å². The second kappa shape index (κ2) is 6.51. The van der Waals surface area contributed by atoms with Crippen molar-refractivity contribution in [1.29, 1.82) is 0 Å². The zero-order valence-electron chi connectivity index (χ0n) is 10.4. The summed E-state index contributed by atoms with van der Waals surface area (Å²) in [5.41, 5.74) is 0.793. The molecule has 0 radical (unpaired) electrons. The van der Waals surface area contributed by atoms with E-state index in [9.17, 15) is 8.78 Å². The Bertz CT molecular complexity index is 386. The van der Waals surface area contributed by atoms with Gasteiger partial charge >= 0.3 is 0 Å². The molecule has 4 nitrogen and oxygen atoms in total. The maximum absolute atomic E-state index is 12.8. The Labute approximate surface area is 105 Å². The highest BCUT2D eigenvalue weighted by atomic mass is 19.3. The van der Waals surface area contributed by atoms with Crippen molar-refractivity contribution in [1.82, 2.24) is 5.32 Å². The van der Waals surface area contributed by atoms with E-state index in [1.54, 1.807) is 18.2 Å². The molecule has 1 aromatic rings. The van der Waals surface area contributed by atoms with Crippen molar-refractivity contribution in [2.24, 2.45) is 0 Å². The Kier molecular flexibility index (Phi) is 5.30. The van der Waals surface area contributed by atoms with Crippen LogP contribution in [0.25, 0.3) is 0 Å². The van der Waals surface area contributed by atoms with Crippen LogP contribution in [0.5, 0.6) is 11.5 Å². The fraction of sp³-hybridized carbons (Fsp3) is 0.500. The van der Waals surface area contributed by atoms with Crippen LogP contribution >= 0.6 is 0 Å². The minimum Gasteiger partial charge on any atom is -0.493 e. The van der Waals surface area contributed by atoms with Crippen LogP contribution in [0.15, 0.2) is 18.2 Å². The average Bonchev–Trinajstić information content (AvgIpc) is 2.38. The Hall–Kier alpha value is -1.40. The molecule has 0 aliphatic heterocycles. The number of aliphatic hydroxyl groups excluding tert-OH is 1. The minimum atomic E-state index is -3.10. The summed E-state index contributed by atoms with van der Waals surface area (Å²) < 4.78 is 35.7. The van der Waals surface area contributed by atoms with Crippen LogP contribution in [0.2, 0.25) is 0 Å². The third-order valence-corrected chi connectivity index (χ3v) is 2.39. The summed E-state index contributed by atoms with van der Waals surface area (Å²) in [6.07, 6.45) is 0. The number of benzene rings is 1. The van der Waals surface area contributed by atoms with Crippen LogP contribution in [0.4, 0.5) is 8.78 Å².